The average molecular weight is 452 g/mol. The molecule has 8 heteroatoms. The van der Waals surface area contributed by atoms with Gasteiger partial charge in [0.15, 0.2) is 10.8 Å². The normalized spacial score (nSPS) is 14.2. The van der Waals surface area contributed by atoms with Crippen molar-refractivity contribution in [2.45, 2.75) is 25.8 Å². The summed E-state index contributed by atoms with van der Waals surface area (Å²) < 4.78 is 4.97. The Balaban J connectivity index is 1.30. The minimum Gasteiger partial charge on any atom is -0.508 e. The number of nitrogens with zero attached hydrogens (tertiary/aromatic N) is 2. The maximum Gasteiger partial charge on any atom is 0.357 e. The van der Waals surface area contributed by atoms with E-state index in [0.717, 1.165) is 24.0 Å². The molecule has 32 heavy (non-hydrogen) atoms. The quantitative estimate of drug-likeness (QED) is 0.540. The zero-order valence-electron chi connectivity index (χ0n) is 17.8. The molecule has 0 atom stereocenters. The van der Waals surface area contributed by atoms with Crippen molar-refractivity contribution < 1.29 is 19.4 Å². The minimum atomic E-state index is -0.409. The van der Waals surface area contributed by atoms with E-state index >= 15 is 0 Å². The number of phenolic OH excluding ortho intramolecular Hbond substituents is 1. The monoisotopic (exact) mass is 451 g/mol. The molecule has 0 saturated carbocycles. The number of hydrogen-bond donors (Lipinski definition) is 2. The number of ether oxygens (including phenoxy) is 1. The van der Waals surface area contributed by atoms with Crippen molar-refractivity contribution in [3.8, 4) is 16.9 Å². The van der Waals surface area contributed by atoms with Crippen LogP contribution < -0.4 is 5.32 Å². The fraction of sp³-hybridized carbons (Fsp3) is 0.292. The minimum absolute atomic E-state index is 0.0274. The molecule has 2 heterocycles. The Morgan fingerprint density at radius 3 is 2.34 bits per heavy atom. The summed E-state index contributed by atoms with van der Waals surface area (Å²) in [4.78, 5) is 30.8. The fourth-order valence-corrected chi connectivity index (χ4v) is 4.44. The third kappa shape index (κ3) is 5.08. The van der Waals surface area contributed by atoms with Crippen LogP contribution in [-0.2, 0) is 4.74 Å². The number of amides is 1. The molecule has 7 nitrogen and oxygen atoms in total. The number of carbonyl (C=O) groups excluding carboxylic acids is 2. The highest BCUT2D eigenvalue weighted by atomic mass is 32.1. The Bertz CT molecular complexity index is 1070. The summed E-state index contributed by atoms with van der Waals surface area (Å²) in [5, 5.41) is 15.2. The first-order chi connectivity index (χ1) is 15.5. The zero-order chi connectivity index (χ0) is 22.5. The summed E-state index contributed by atoms with van der Waals surface area (Å²) in [7, 11) is 0. The van der Waals surface area contributed by atoms with Crippen LogP contribution in [0.25, 0.3) is 11.1 Å². The van der Waals surface area contributed by atoms with E-state index in [1.54, 1.807) is 24.4 Å². The van der Waals surface area contributed by atoms with Gasteiger partial charge < -0.3 is 20.1 Å². The first-order valence-electron chi connectivity index (χ1n) is 10.6. The highest BCUT2D eigenvalue weighted by Crippen LogP contribution is 2.24. The topological polar surface area (TPSA) is 91.8 Å². The highest BCUT2D eigenvalue weighted by molar-refractivity contribution is 7.13. The van der Waals surface area contributed by atoms with Crippen LogP contribution in [0.2, 0.25) is 0 Å². The fourth-order valence-electron chi connectivity index (χ4n) is 3.68. The molecule has 0 bridgehead atoms. The molecule has 0 aliphatic carbocycles. The Morgan fingerprint density at radius 1 is 1.09 bits per heavy atom. The molecule has 166 valence electrons. The first kappa shape index (κ1) is 21.8. The Kier molecular flexibility index (Phi) is 6.70. The number of piperidine rings is 1. The van der Waals surface area contributed by atoms with Gasteiger partial charge in [-0.25, -0.2) is 9.78 Å². The number of benzene rings is 2. The standard InChI is InChI=1S/C24H25N3O4S/c1-2-31-23(30)21-15-32-24(26-21)25-19-11-13-27(14-12-19)22(29)18-5-3-16(4-6-18)17-7-9-20(28)10-8-17/h3-10,15,19,28H,2,11-14H2,1H3,(H,25,26). The molecule has 2 N–H and O–H groups in total. The Morgan fingerprint density at radius 2 is 1.72 bits per heavy atom. The van der Waals surface area contributed by atoms with E-state index < -0.39 is 5.97 Å². The van der Waals surface area contributed by atoms with E-state index in [4.69, 9.17) is 4.74 Å². The second-order valence-electron chi connectivity index (χ2n) is 7.59. The number of thiazole rings is 1. The van der Waals surface area contributed by atoms with Gasteiger partial charge in [0.05, 0.1) is 6.61 Å². The number of nitrogens with one attached hydrogen (secondary N) is 1. The first-order valence-corrected chi connectivity index (χ1v) is 11.5. The van der Waals surface area contributed by atoms with Gasteiger partial charge in [-0.15, -0.1) is 11.3 Å². The van der Waals surface area contributed by atoms with Crippen molar-refractivity contribution in [2.24, 2.45) is 0 Å². The molecular formula is C24H25N3O4S. The van der Waals surface area contributed by atoms with Gasteiger partial charge in [-0.2, -0.15) is 0 Å². The third-order valence-corrected chi connectivity index (χ3v) is 6.20. The predicted octanol–water partition coefficient (Wildman–Crippen LogP) is 4.41. The van der Waals surface area contributed by atoms with Crippen molar-refractivity contribution in [1.29, 1.82) is 0 Å². The molecule has 2 aromatic carbocycles. The SMILES string of the molecule is CCOC(=O)c1csc(NC2CCN(C(=O)c3ccc(-c4ccc(O)cc4)cc3)CC2)n1. The Labute approximate surface area is 190 Å². The molecule has 1 aromatic heterocycles. The number of likely N-dealkylation sites (tertiary alicyclic amines) is 1. The summed E-state index contributed by atoms with van der Waals surface area (Å²) in [5.41, 5.74) is 2.97. The van der Waals surface area contributed by atoms with E-state index in [1.807, 2.05) is 41.3 Å². The summed E-state index contributed by atoms with van der Waals surface area (Å²) in [6, 6.07) is 14.8. The number of carbonyl (C=O) groups is 2. The van der Waals surface area contributed by atoms with Gasteiger partial charge in [0.2, 0.25) is 0 Å². The van der Waals surface area contributed by atoms with Crippen LogP contribution in [0.4, 0.5) is 5.13 Å². The van der Waals surface area contributed by atoms with Crippen molar-refractivity contribution >= 4 is 28.3 Å². The largest absolute Gasteiger partial charge is 0.508 e. The van der Waals surface area contributed by atoms with Crippen LogP contribution in [0.1, 0.15) is 40.6 Å². The van der Waals surface area contributed by atoms with Gasteiger partial charge in [0.1, 0.15) is 5.75 Å². The van der Waals surface area contributed by atoms with Crippen molar-refractivity contribution in [3.63, 3.8) is 0 Å². The van der Waals surface area contributed by atoms with E-state index in [-0.39, 0.29) is 17.7 Å². The lowest BCUT2D eigenvalue weighted by Crippen LogP contribution is -2.42. The molecule has 1 aliphatic rings. The molecule has 3 aromatic rings. The van der Waals surface area contributed by atoms with Crippen LogP contribution in [0.15, 0.2) is 53.9 Å². The lowest BCUT2D eigenvalue weighted by molar-refractivity contribution is 0.0520. The van der Waals surface area contributed by atoms with E-state index in [9.17, 15) is 14.7 Å². The van der Waals surface area contributed by atoms with Crippen LogP contribution in [0.5, 0.6) is 5.75 Å². The van der Waals surface area contributed by atoms with Crippen molar-refractivity contribution in [3.05, 3.63) is 65.2 Å². The van der Waals surface area contributed by atoms with Gasteiger partial charge in [-0.1, -0.05) is 24.3 Å². The molecule has 0 spiro atoms. The maximum atomic E-state index is 12.9. The summed E-state index contributed by atoms with van der Waals surface area (Å²) in [6.45, 7) is 3.41. The third-order valence-electron chi connectivity index (χ3n) is 5.43. The van der Waals surface area contributed by atoms with Gasteiger partial charge in [0, 0.05) is 30.1 Å². The molecule has 0 radical (unpaired) electrons. The maximum absolute atomic E-state index is 12.9. The summed E-state index contributed by atoms with van der Waals surface area (Å²) in [6.07, 6.45) is 1.62. The number of phenols is 1. The lowest BCUT2D eigenvalue weighted by Gasteiger charge is -2.32. The van der Waals surface area contributed by atoms with E-state index in [0.29, 0.717) is 36.1 Å². The number of aromatic hydroxyl groups is 1. The van der Waals surface area contributed by atoms with Gasteiger partial charge in [0.25, 0.3) is 5.91 Å². The number of hydrogen-bond acceptors (Lipinski definition) is 7. The number of aromatic nitrogens is 1. The summed E-state index contributed by atoms with van der Waals surface area (Å²) in [5.74, 6) is -0.152. The average Bonchev–Trinajstić information content (AvgIpc) is 3.29. The Hall–Kier alpha value is -3.39. The molecule has 0 unspecified atom stereocenters. The van der Waals surface area contributed by atoms with Crippen molar-refractivity contribution in [1.82, 2.24) is 9.88 Å². The van der Waals surface area contributed by atoms with Crippen LogP contribution >= 0.6 is 11.3 Å². The molecular weight excluding hydrogens is 426 g/mol. The van der Waals surface area contributed by atoms with Gasteiger partial charge in [-0.3, -0.25) is 4.79 Å². The van der Waals surface area contributed by atoms with Crippen LogP contribution in [0.3, 0.4) is 0 Å². The smallest absolute Gasteiger partial charge is 0.357 e. The van der Waals surface area contributed by atoms with Crippen LogP contribution in [0, 0.1) is 0 Å². The number of anilines is 1. The highest BCUT2D eigenvalue weighted by Gasteiger charge is 2.24. The summed E-state index contributed by atoms with van der Waals surface area (Å²) >= 11 is 1.38. The van der Waals surface area contributed by atoms with Crippen molar-refractivity contribution in [2.75, 3.05) is 25.0 Å². The van der Waals surface area contributed by atoms with Gasteiger partial charge in [-0.05, 0) is 55.2 Å². The number of esters is 1. The number of rotatable bonds is 6. The predicted molar refractivity (Wildman–Crippen MR) is 124 cm³/mol. The molecule has 1 fully saturated rings. The zero-order valence-corrected chi connectivity index (χ0v) is 18.6. The van der Waals surface area contributed by atoms with E-state index in [1.165, 1.54) is 11.3 Å². The second kappa shape index (κ2) is 9.82. The van der Waals surface area contributed by atoms with Gasteiger partial charge >= 0.3 is 5.97 Å². The lowest BCUT2D eigenvalue weighted by atomic mass is 10.0. The van der Waals surface area contributed by atoms with E-state index in [2.05, 4.69) is 10.3 Å². The molecule has 1 amide bonds. The molecule has 4 rings (SSSR count). The second-order valence-corrected chi connectivity index (χ2v) is 8.45. The van der Waals surface area contributed by atoms with Crippen LogP contribution in [-0.4, -0.2) is 52.6 Å². The molecule has 1 saturated heterocycles. The molecule has 1 aliphatic heterocycles.